The lowest BCUT2D eigenvalue weighted by Gasteiger charge is -2.31. The number of benzene rings is 2. The van der Waals surface area contributed by atoms with E-state index in [9.17, 15) is 0 Å². The number of fused-ring (bicyclic) bond motifs is 1. The second-order valence-electron chi connectivity index (χ2n) is 4.72. The van der Waals surface area contributed by atoms with Gasteiger partial charge in [0.1, 0.15) is 0 Å². The quantitative estimate of drug-likeness (QED) is 0.683. The lowest BCUT2D eigenvalue weighted by atomic mass is 9.99. The van der Waals surface area contributed by atoms with Crippen LogP contribution in [0.25, 0.3) is 0 Å². The van der Waals surface area contributed by atoms with E-state index in [0.717, 1.165) is 6.54 Å². The molecule has 0 fully saturated rings. The molecule has 3 rings (SSSR count). The Morgan fingerprint density at radius 3 is 2.42 bits per heavy atom. The van der Waals surface area contributed by atoms with Crippen LogP contribution in [0.2, 0.25) is 0 Å². The van der Waals surface area contributed by atoms with Crippen LogP contribution in [0.1, 0.15) is 31.4 Å². The van der Waals surface area contributed by atoms with Crippen LogP contribution in [-0.2, 0) is 6.42 Å². The summed E-state index contributed by atoms with van der Waals surface area (Å²) < 4.78 is 0. The number of rotatable bonds is 1. The summed E-state index contributed by atoms with van der Waals surface area (Å²) in [5, 5.41) is 0. The molecule has 100 valence electrons. The van der Waals surface area contributed by atoms with Gasteiger partial charge < -0.3 is 4.90 Å². The van der Waals surface area contributed by atoms with Crippen molar-refractivity contribution in [2.24, 2.45) is 0 Å². The highest BCUT2D eigenvalue weighted by atomic mass is 15.1. The molecule has 0 spiro atoms. The molecule has 0 atom stereocenters. The number of hydrogen-bond acceptors (Lipinski definition) is 1. The summed E-state index contributed by atoms with van der Waals surface area (Å²) in [7, 11) is 0. The molecule has 1 aliphatic rings. The van der Waals surface area contributed by atoms with Crippen molar-refractivity contribution in [2.45, 2.75) is 33.6 Å². The molecule has 0 N–H and O–H groups in total. The lowest BCUT2D eigenvalue weighted by molar-refractivity contribution is 0.766. The first kappa shape index (κ1) is 13.7. The first-order valence-electron chi connectivity index (χ1n) is 7.27. The van der Waals surface area contributed by atoms with Crippen LogP contribution < -0.4 is 4.90 Å². The van der Waals surface area contributed by atoms with E-state index >= 15 is 0 Å². The molecular formula is C18H23N. The zero-order chi connectivity index (χ0) is 13.7. The maximum Gasteiger partial charge on any atom is 0.0445 e. The number of nitrogens with zero attached hydrogens (tertiary/aromatic N) is 1. The highest BCUT2D eigenvalue weighted by molar-refractivity contribution is 5.68. The van der Waals surface area contributed by atoms with Gasteiger partial charge in [-0.05, 0) is 49.1 Å². The average molecular weight is 253 g/mol. The summed E-state index contributed by atoms with van der Waals surface area (Å²) in [4.78, 5) is 2.44. The van der Waals surface area contributed by atoms with Crippen molar-refractivity contribution >= 4 is 11.4 Å². The monoisotopic (exact) mass is 253 g/mol. The average Bonchev–Trinajstić information content (AvgIpc) is 2.49. The summed E-state index contributed by atoms with van der Waals surface area (Å²) in [5.74, 6) is 0. The van der Waals surface area contributed by atoms with Gasteiger partial charge in [0.25, 0.3) is 0 Å². The highest BCUT2D eigenvalue weighted by Crippen LogP contribution is 2.33. The van der Waals surface area contributed by atoms with Crippen LogP contribution in [0, 0.1) is 6.92 Å². The van der Waals surface area contributed by atoms with Crippen molar-refractivity contribution in [1.82, 2.24) is 0 Å². The Labute approximate surface area is 116 Å². The number of aryl methyl sites for hydroxylation is 2. The minimum Gasteiger partial charge on any atom is -0.341 e. The molecule has 1 heterocycles. The van der Waals surface area contributed by atoms with Crippen molar-refractivity contribution in [1.29, 1.82) is 0 Å². The zero-order valence-electron chi connectivity index (χ0n) is 12.2. The first-order valence-corrected chi connectivity index (χ1v) is 7.27. The van der Waals surface area contributed by atoms with E-state index in [-0.39, 0.29) is 0 Å². The molecule has 1 nitrogen and oxygen atoms in total. The third kappa shape index (κ3) is 2.98. The van der Waals surface area contributed by atoms with Gasteiger partial charge in [0.2, 0.25) is 0 Å². The van der Waals surface area contributed by atoms with Crippen LogP contribution in [0.4, 0.5) is 11.4 Å². The molecule has 0 amide bonds. The van der Waals surface area contributed by atoms with Crippen molar-refractivity contribution < 1.29 is 0 Å². The molecule has 19 heavy (non-hydrogen) atoms. The first-order chi connectivity index (χ1) is 9.34. The predicted molar refractivity (Wildman–Crippen MR) is 84.3 cm³/mol. The highest BCUT2D eigenvalue weighted by Gasteiger charge is 2.17. The minimum atomic E-state index is 1.13. The van der Waals surface area contributed by atoms with Gasteiger partial charge in [-0.15, -0.1) is 0 Å². The molecule has 0 aliphatic carbocycles. The molecule has 1 heteroatoms. The van der Waals surface area contributed by atoms with E-state index in [2.05, 4.69) is 60.4 Å². The summed E-state index contributed by atoms with van der Waals surface area (Å²) in [6, 6.07) is 17.5. The topological polar surface area (TPSA) is 3.24 Å². The molecule has 0 unspecified atom stereocenters. The molecular weight excluding hydrogens is 230 g/mol. The fourth-order valence-electron chi connectivity index (χ4n) is 2.56. The summed E-state index contributed by atoms with van der Waals surface area (Å²) in [6.07, 6.45) is 2.45. The van der Waals surface area contributed by atoms with Crippen molar-refractivity contribution in [3.8, 4) is 0 Å². The van der Waals surface area contributed by atoms with E-state index in [0.29, 0.717) is 0 Å². The van der Waals surface area contributed by atoms with Crippen LogP contribution >= 0.6 is 0 Å². The van der Waals surface area contributed by atoms with E-state index in [1.165, 1.54) is 35.3 Å². The lowest BCUT2D eigenvalue weighted by Crippen LogP contribution is -2.24. The van der Waals surface area contributed by atoms with Crippen LogP contribution in [-0.4, -0.2) is 6.54 Å². The Hall–Kier alpha value is -1.76. The maximum absolute atomic E-state index is 2.44. The third-order valence-corrected chi connectivity index (χ3v) is 3.43. The standard InChI is InChI=1S/C16H17N.C2H6/c1-13-9-10-14-6-5-11-17(16(14)12-13)15-7-3-2-4-8-15;1-2/h2-4,7-10,12H,5-6,11H2,1H3;1-2H3. The molecule has 2 aromatic rings. The number of anilines is 2. The Morgan fingerprint density at radius 1 is 0.947 bits per heavy atom. The molecule has 0 aromatic heterocycles. The summed E-state index contributed by atoms with van der Waals surface area (Å²) in [5.41, 5.74) is 5.51. The van der Waals surface area contributed by atoms with E-state index in [1.54, 1.807) is 0 Å². The van der Waals surface area contributed by atoms with Gasteiger partial charge in [-0.25, -0.2) is 0 Å². The fourth-order valence-corrected chi connectivity index (χ4v) is 2.56. The van der Waals surface area contributed by atoms with Gasteiger partial charge in [-0.3, -0.25) is 0 Å². The summed E-state index contributed by atoms with van der Waals surface area (Å²) in [6.45, 7) is 7.29. The van der Waals surface area contributed by atoms with Crippen LogP contribution in [0.15, 0.2) is 48.5 Å². The van der Waals surface area contributed by atoms with Crippen molar-refractivity contribution in [3.63, 3.8) is 0 Å². The second kappa shape index (κ2) is 6.42. The van der Waals surface area contributed by atoms with Gasteiger partial charge in [-0.1, -0.05) is 44.2 Å². The van der Waals surface area contributed by atoms with Gasteiger partial charge in [0.15, 0.2) is 0 Å². The Bertz CT molecular complexity index is 516. The number of hydrogen-bond donors (Lipinski definition) is 0. The predicted octanol–water partition coefficient (Wildman–Crippen LogP) is 5.11. The van der Waals surface area contributed by atoms with Gasteiger partial charge >= 0.3 is 0 Å². The number of para-hydroxylation sites is 1. The van der Waals surface area contributed by atoms with Gasteiger partial charge in [0, 0.05) is 17.9 Å². The van der Waals surface area contributed by atoms with Gasteiger partial charge in [0.05, 0.1) is 0 Å². The Kier molecular flexibility index (Phi) is 4.62. The normalized spacial score (nSPS) is 13.3. The largest absolute Gasteiger partial charge is 0.341 e. The zero-order valence-corrected chi connectivity index (χ0v) is 12.2. The molecule has 0 saturated heterocycles. The fraction of sp³-hybridized carbons (Fsp3) is 0.333. The Balaban J connectivity index is 0.000000637. The van der Waals surface area contributed by atoms with Crippen molar-refractivity contribution in [2.75, 3.05) is 11.4 Å². The second-order valence-corrected chi connectivity index (χ2v) is 4.72. The molecule has 1 aliphatic heterocycles. The molecule has 2 aromatic carbocycles. The molecule has 0 radical (unpaired) electrons. The minimum absolute atomic E-state index is 1.13. The van der Waals surface area contributed by atoms with Crippen LogP contribution in [0.3, 0.4) is 0 Å². The van der Waals surface area contributed by atoms with Crippen LogP contribution in [0.5, 0.6) is 0 Å². The SMILES string of the molecule is CC.Cc1ccc2c(c1)N(c1ccccc1)CCC2. The molecule has 0 bridgehead atoms. The van der Waals surface area contributed by atoms with E-state index in [4.69, 9.17) is 0 Å². The Morgan fingerprint density at radius 2 is 1.68 bits per heavy atom. The maximum atomic E-state index is 2.44. The third-order valence-electron chi connectivity index (χ3n) is 3.43. The smallest absolute Gasteiger partial charge is 0.0445 e. The van der Waals surface area contributed by atoms with E-state index < -0.39 is 0 Å². The summed E-state index contributed by atoms with van der Waals surface area (Å²) >= 11 is 0. The molecule has 0 saturated carbocycles. The van der Waals surface area contributed by atoms with E-state index in [1.807, 2.05) is 13.8 Å². The van der Waals surface area contributed by atoms with Gasteiger partial charge in [-0.2, -0.15) is 0 Å². The van der Waals surface area contributed by atoms with Crippen molar-refractivity contribution in [3.05, 3.63) is 59.7 Å².